The first-order valence-electron chi connectivity index (χ1n) is 6.94. The maximum Gasteiger partial charge on any atom is 0.326 e. The Hall–Kier alpha value is -2.70. The topological polar surface area (TPSA) is 99.2 Å². The van der Waals surface area contributed by atoms with Crippen molar-refractivity contribution in [1.82, 2.24) is 15.0 Å². The van der Waals surface area contributed by atoms with Crippen molar-refractivity contribution in [1.29, 1.82) is 0 Å². The van der Waals surface area contributed by atoms with Gasteiger partial charge < -0.3 is 15.0 Å². The number of carboxylic acid groups (broad SMARTS) is 1. The number of aliphatic carboxylic acids is 1. The molecule has 0 aliphatic rings. The second kappa shape index (κ2) is 6.38. The van der Waals surface area contributed by atoms with Gasteiger partial charge in [0.05, 0.1) is 0 Å². The van der Waals surface area contributed by atoms with Crippen LogP contribution in [0.5, 0.6) is 0 Å². The minimum Gasteiger partial charge on any atom is -0.480 e. The Kier molecular flexibility index (Phi) is 4.55. The molecule has 22 heavy (non-hydrogen) atoms. The largest absolute Gasteiger partial charge is 0.480 e. The first kappa shape index (κ1) is 15.7. The molecule has 1 atom stereocenters. The number of aryl methyl sites for hydroxylation is 1. The highest BCUT2D eigenvalue weighted by Crippen LogP contribution is 2.18. The molecule has 0 radical (unpaired) electrons. The van der Waals surface area contributed by atoms with E-state index in [0.717, 1.165) is 0 Å². The number of aromatic nitrogens is 3. The van der Waals surface area contributed by atoms with Crippen molar-refractivity contribution in [3.63, 3.8) is 0 Å². The van der Waals surface area contributed by atoms with Gasteiger partial charge >= 0.3 is 5.97 Å². The number of rotatable bonds is 5. The first-order chi connectivity index (χ1) is 10.4. The predicted molar refractivity (Wildman–Crippen MR) is 83.0 cm³/mol. The van der Waals surface area contributed by atoms with Crippen LogP contribution in [0.3, 0.4) is 0 Å². The third-order valence-electron chi connectivity index (χ3n) is 3.48. The van der Waals surface area contributed by atoms with Gasteiger partial charge in [0, 0.05) is 30.6 Å². The number of carbonyl (C=O) groups is 1. The molecule has 0 aliphatic carbocycles. The summed E-state index contributed by atoms with van der Waals surface area (Å²) in [5.41, 5.74) is 1.18. The SMILES string of the molecule is CCc1cc(=O)[nH]c(-c2ccc(N(C)C(C)C(=O)O)nc2)n1. The predicted octanol–water partition coefficient (Wildman–Crippen LogP) is 1.30. The van der Waals surface area contributed by atoms with Gasteiger partial charge in [-0.2, -0.15) is 0 Å². The maximum absolute atomic E-state index is 11.6. The fourth-order valence-electron chi connectivity index (χ4n) is 1.92. The molecule has 2 rings (SSSR count). The molecule has 0 bridgehead atoms. The molecule has 0 saturated heterocycles. The van der Waals surface area contributed by atoms with Gasteiger partial charge in [0.2, 0.25) is 0 Å². The normalized spacial score (nSPS) is 12.0. The highest BCUT2D eigenvalue weighted by Gasteiger charge is 2.18. The fourth-order valence-corrected chi connectivity index (χ4v) is 1.92. The number of hydrogen-bond donors (Lipinski definition) is 2. The van der Waals surface area contributed by atoms with Crippen LogP contribution in [0, 0.1) is 0 Å². The van der Waals surface area contributed by atoms with E-state index in [1.165, 1.54) is 6.07 Å². The van der Waals surface area contributed by atoms with Crippen LogP contribution < -0.4 is 10.5 Å². The van der Waals surface area contributed by atoms with Crippen LogP contribution in [0.15, 0.2) is 29.2 Å². The third-order valence-corrected chi connectivity index (χ3v) is 3.48. The van der Waals surface area contributed by atoms with Crippen LogP contribution in [-0.2, 0) is 11.2 Å². The number of anilines is 1. The summed E-state index contributed by atoms with van der Waals surface area (Å²) in [6.45, 7) is 3.51. The summed E-state index contributed by atoms with van der Waals surface area (Å²) in [5, 5.41) is 9.02. The van der Waals surface area contributed by atoms with Crippen LogP contribution in [0.4, 0.5) is 5.82 Å². The molecule has 2 aromatic rings. The lowest BCUT2D eigenvalue weighted by atomic mass is 10.2. The van der Waals surface area contributed by atoms with Crippen LogP contribution >= 0.6 is 0 Å². The van der Waals surface area contributed by atoms with E-state index in [4.69, 9.17) is 5.11 Å². The Morgan fingerprint density at radius 3 is 2.73 bits per heavy atom. The highest BCUT2D eigenvalue weighted by atomic mass is 16.4. The maximum atomic E-state index is 11.6. The van der Waals surface area contributed by atoms with Gasteiger partial charge in [-0.15, -0.1) is 0 Å². The second-order valence-corrected chi connectivity index (χ2v) is 4.97. The number of H-pyrrole nitrogens is 1. The van der Waals surface area contributed by atoms with Gasteiger partial charge in [-0.1, -0.05) is 6.92 Å². The molecular formula is C15H18N4O3. The molecule has 0 saturated carbocycles. The van der Waals surface area contributed by atoms with E-state index in [0.29, 0.717) is 29.3 Å². The molecule has 2 heterocycles. The minimum absolute atomic E-state index is 0.206. The molecular weight excluding hydrogens is 284 g/mol. The van der Waals surface area contributed by atoms with Crippen LogP contribution in [0.25, 0.3) is 11.4 Å². The molecule has 2 N–H and O–H groups in total. The first-order valence-corrected chi connectivity index (χ1v) is 6.94. The van der Waals surface area contributed by atoms with E-state index < -0.39 is 12.0 Å². The smallest absolute Gasteiger partial charge is 0.326 e. The molecule has 2 aromatic heterocycles. The van der Waals surface area contributed by atoms with E-state index in [9.17, 15) is 9.59 Å². The number of hydrogen-bond acceptors (Lipinski definition) is 5. The summed E-state index contributed by atoms with van der Waals surface area (Å²) in [6.07, 6.45) is 2.24. The molecule has 7 heteroatoms. The van der Waals surface area contributed by atoms with E-state index in [2.05, 4.69) is 15.0 Å². The fraction of sp³-hybridized carbons (Fsp3) is 0.333. The van der Waals surface area contributed by atoms with Crippen molar-refractivity contribution in [2.75, 3.05) is 11.9 Å². The number of pyridine rings is 1. The zero-order chi connectivity index (χ0) is 16.3. The van der Waals surface area contributed by atoms with E-state index in [1.807, 2.05) is 6.92 Å². The Morgan fingerprint density at radius 2 is 2.18 bits per heavy atom. The average Bonchev–Trinajstić information content (AvgIpc) is 2.52. The zero-order valence-electron chi connectivity index (χ0n) is 12.7. The molecule has 0 amide bonds. The molecule has 0 fully saturated rings. The van der Waals surface area contributed by atoms with Crippen LogP contribution in [-0.4, -0.2) is 39.1 Å². The highest BCUT2D eigenvalue weighted by molar-refractivity contribution is 5.77. The van der Waals surface area contributed by atoms with Crippen molar-refractivity contribution in [2.24, 2.45) is 0 Å². The summed E-state index contributed by atoms with van der Waals surface area (Å²) in [7, 11) is 1.67. The summed E-state index contributed by atoms with van der Waals surface area (Å²) >= 11 is 0. The number of nitrogens with one attached hydrogen (secondary N) is 1. The van der Waals surface area contributed by atoms with Crippen LogP contribution in [0.1, 0.15) is 19.5 Å². The minimum atomic E-state index is -0.921. The Morgan fingerprint density at radius 1 is 1.45 bits per heavy atom. The molecule has 116 valence electrons. The lowest BCUT2D eigenvalue weighted by Gasteiger charge is -2.22. The van der Waals surface area contributed by atoms with Crippen molar-refractivity contribution < 1.29 is 9.90 Å². The number of likely N-dealkylation sites (N-methyl/N-ethyl adjacent to an activating group) is 1. The number of nitrogens with zero attached hydrogens (tertiary/aromatic N) is 3. The van der Waals surface area contributed by atoms with E-state index in [-0.39, 0.29) is 5.56 Å². The van der Waals surface area contributed by atoms with Crippen LogP contribution in [0.2, 0.25) is 0 Å². The van der Waals surface area contributed by atoms with E-state index >= 15 is 0 Å². The third kappa shape index (κ3) is 3.30. The van der Waals surface area contributed by atoms with Gasteiger partial charge in [-0.3, -0.25) is 4.79 Å². The molecule has 0 aliphatic heterocycles. The second-order valence-electron chi connectivity index (χ2n) is 4.97. The number of carboxylic acids is 1. The van der Waals surface area contributed by atoms with Crippen molar-refractivity contribution in [2.45, 2.75) is 26.3 Å². The zero-order valence-corrected chi connectivity index (χ0v) is 12.7. The Bertz CT molecular complexity index is 724. The number of aromatic amines is 1. The Balaban J connectivity index is 2.31. The average molecular weight is 302 g/mol. The van der Waals surface area contributed by atoms with Gasteiger partial charge in [0.25, 0.3) is 5.56 Å². The molecule has 0 spiro atoms. The summed E-state index contributed by atoms with van der Waals surface area (Å²) in [4.78, 5) is 35.4. The van der Waals surface area contributed by atoms with Gasteiger partial charge in [0.15, 0.2) is 0 Å². The molecule has 0 aromatic carbocycles. The molecule has 1 unspecified atom stereocenters. The Labute approximate surface area is 127 Å². The van der Waals surface area contributed by atoms with Gasteiger partial charge in [-0.05, 0) is 25.5 Å². The van der Waals surface area contributed by atoms with Gasteiger partial charge in [0.1, 0.15) is 17.7 Å². The summed E-state index contributed by atoms with van der Waals surface area (Å²) in [5.74, 6) is 0.0694. The monoisotopic (exact) mass is 302 g/mol. The summed E-state index contributed by atoms with van der Waals surface area (Å²) < 4.78 is 0. The van der Waals surface area contributed by atoms with Crippen molar-refractivity contribution >= 4 is 11.8 Å². The quantitative estimate of drug-likeness (QED) is 0.863. The summed E-state index contributed by atoms with van der Waals surface area (Å²) in [6, 6.07) is 4.24. The lowest BCUT2D eigenvalue weighted by molar-refractivity contribution is -0.138. The van der Waals surface area contributed by atoms with Crippen molar-refractivity contribution in [3.05, 3.63) is 40.4 Å². The molecule has 7 nitrogen and oxygen atoms in total. The standard InChI is InChI=1S/C15H18N4O3/c1-4-11-7-13(20)18-14(17-11)10-5-6-12(16-8-10)19(3)9(2)15(21)22/h5-9H,4H2,1-3H3,(H,21,22)(H,17,18,20). The van der Waals surface area contributed by atoms with Gasteiger partial charge in [-0.25, -0.2) is 14.8 Å². The lowest BCUT2D eigenvalue weighted by Crippen LogP contribution is -2.36. The van der Waals surface area contributed by atoms with Crippen molar-refractivity contribution in [3.8, 4) is 11.4 Å². The van der Waals surface area contributed by atoms with E-state index in [1.54, 1.807) is 37.2 Å².